The van der Waals surface area contributed by atoms with Gasteiger partial charge in [0.25, 0.3) is 5.91 Å². The van der Waals surface area contributed by atoms with E-state index in [0.717, 1.165) is 12.8 Å². The van der Waals surface area contributed by atoms with Gasteiger partial charge in [0.15, 0.2) is 0 Å². The average Bonchev–Trinajstić information content (AvgIpc) is 2.41. The van der Waals surface area contributed by atoms with Gasteiger partial charge in [-0.3, -0.25) is 10.6 Å². The molecule has 1 aliphatic carbocycles. The van der Waals surface area contributed by atoms with Crippen molar-refractivity contribution in [2.24, 2.45) is 5.84 Å². The number of carbonyl (C=O) groups excluding carboxylic acids is 1. The lowest BCUT2D eigenvalue weighted by molar-refractivity contribution is 0.0931. The zero-order chi connectivity index (χ0) is 14.4. The number of nitrogens with two attached hydrogens (primary N) is 1. The zero-order valence-corrected chi connectivity index (χ0v) is 12.4. The standard InChI is InChI=1S/C15H22ClN3O/c16-11-8-9-14(19-17)13(10-11)15(20)18-12-6-4-2-1-3-5-7-12/h8-10,12,19H,1-7,17H2,(H,18,20). The number of hydrogen-bond acceptors (Lipinski definition) is 3. The molecule has 1 amide bonds. The van der Waals surface area contributed by atoms with Crippen molar-refractivity contribution in [1.29, 1.82) is 0 Å². The second kappa shape index (κ2) is 7.50. The van der Waals surface area contributed by atoms with Crippen LogP contribution in [-0.2, 0) is 0 Å². The van der Waals surface area contributed by atoms with E-state index in [1.165, 1.54) is 32.1 Å². The average molecular weight is 296 g/mol. The Morgan fingerprint density at radius 1 is 1.15 bits per heavy atom. The molecule has 0 aromatic heterocycles. The van der Waals surface area contributed by atoms with Gasteiger partial charge < -0.3 is 10.7 Å². The van der Waals surface area contributed by atoms with E-state index in [4.69, 9.17) is 17.4 Å². The van der Waals surface area contributed by atoms with E-state index >= 15 is 0 Å². The monoisotopic (exact) mass is 295 g/mol. The zero-order valence-electron chi connectivity index (χ0n) is 11.6. The molecular formula is C15H22ClN3O. The predicted octanol–water partition coefficient (Wildman–Crippen LogP) is 3.47. The molecule has 0 spiro atoms. The molecule has 1 fully saturated rings. The highest BCUT2D eigenvalue weighted by Gasteiger charge is 2.17. The number of halogens is 1. The van der Waals surface area contributed by atoms with Crippen LogP contribution in [0.15, 0.2) is 18.2 Å². The molecule has 5 heteroatoms. The summed E-state index contributed by atoms with van der Waals surface area (Å²) in [7, 11) is 0. The van der Waals surface area contributed by atoms with Crippen molar-refractivity contribution in [3.8, 4) is 0 Å². The Morgan fingerprint density at radius 3 is 2.45 bits per heavy atom. The number of nitrogen functional groups attached to an aromatic ring is 1. The van der Waals surface area contributed by atoms with E-state index < -0.39 is 0 Å². The highest BCUT2D eigenvalue weighted by molar-refractivity contribution is 6.31. The Hall–Kier alpha value is -1.26. The number of nitrogens with one attached hydrogen (secondary N) is 2. The van der Waals surface area contributed by atoms with Crippen molar-refractivity contribution in [2.45, 2.75) is 51.0 Å². The number of hydrazine groups is 1. The summed E-state index contributed by atoms with van der Waals surface area (Å²) in [6.07, 6.45) is 8.31. The molecule has 0 saturated heterocycles. The molecule has 1 aromatic rings. The predicted molar refractivity (Wildman–Crippen MR) is 82.8 cm³/mol. The van der Waals surface area contributed by atoms with Crippen LogP contribution in [-0.4, -0.2) is 11.9 Å². The third-order valence-electron chi connectivity index (χ3n) is 3.82. The van der Waals surface area contributed by atoms with E-state index in [0.29, 0.717) is 16.3 Å². The first-order chi connectivity index (χ1) is 9.70. The van der Waals surface area contributed by atoms with Crippen LogP contribution < -0.4 is 16.6 Å². The summed E-state index contributed by atoms with van der Waals surface area (Å²) in [5.41, 5.74) is 3.64. The van der Waals surface area contributed by atoms with E-state index in [2.05, 4.69) is 10.7 Å². The van der Waals surface area contributed by atoms with Crippen LogP contribution in [0.4, 0.5) is 5.69 Å². The Balaban J connectivity index is 2.04. The number of anilines is 1. The quantitative estimate of drug-likeness (QED) is 0.591. The van der Waals surface area contributed by atoms with E-state index in [-0.39, 0.29) is 11.9 Å². The van der Waals surface area contributed by atoms with E-state index in [9.17, 15) is 4.79 Å². The number of hydrogen-bond donors (Lipinski definition) is 3. The minimum atomic E-state index is -0.106. The van der Waals surface area contributed by atoms with Crippen molar-refractivity contribution in [2.75, 3.05) is 5.43 Å². The number of amides is 1. The van der Waals surface area contributed by atoms with Crippen molar-refractivity contribution in [1.82, 2.24) is 5.32 Å². The summed E-state index contributed by atoms with van der Waals surface area (Å²) in [6, 6.07) is 5.33. The molecule has 20 heavy (non-hydrogen) atoms. The Kier molecular flexibility index (Phi) is 5.68. The van der Waals surface area contributed by atoms with Crippen LogP contribution in [0.2, 0.25) is 5.02 Å². The molecule has 110 valence electrons. The van der Waals surface area contributed by atoms with Crippen LogP contribution in [0, 0.1) is 0 Å². The molecule has 0 bridgehead atoms. The molecule has 1 saturated carbocycles. The van der Waals surface area contributed by atoms with E-state index in [1.807, 2.05) is 0 Å². The van der Waals surface area contributed by atoms with Crippen molar-refractivity contribution in [3.63, 3.8) is 0 Å². The van der Waals surface area contributed by atoms with Crippen LogP contribution in [0.1, 0.15) is 55.3 Å². The van der Waals surface area contributed by atoms with Gasteiger partial charge in [0.1, 0.15) is 0 Å². The summed E-state index contributed by atoms with van der Waals surface area (Å²) in [4.78, 5) is 12.4. The Bertz CT molecular complexity index is 456. The molecule has 1 aromatic carbocycles. The molecule has 2 rings (SSSR count). The lowest BCUT2D eigenvalue weighted by atomic mass is 9.96. The Labute approximate surface area is 125 Å². The van der Waals surface area contributed by atoms with Gasteiger partial charge in [-0.2, -0.15) is 0 Å². The van der Waals surface area contributed by atoms with Crippen molar-refractivity contribution in [3.05, 3.63) is 28.8 Å². The van der Waals surface area contributed by atoms with Gasteiger partial charge in [-0.15, -0.1) is 0 Å². The molecule has 4 N–H and O–H groups in total. The second-order valence-electron chi connectivity index (χ2n) is 5.35. The van der Waals surface area contributed by atoms with Crippen LogP contribution in [0.3, 0.4) is 0 Å². The van der Waals surface area contributed by atoms with Gasteiger partial charge >= 0.3 is 0 Å². The maximum Gasteiger partial charge on any atom is 0.253 e. The maximum atomic E-state index is 12.4. The van der Waals surface area contributed by atoms with Gasteiger partial charge in [-0.05, 0) is 31.0 Å². The molecule has 4 nitrogen and oxygen atoms in total. The fraction of sp³-hybridized carbons (Fsp3) is 0.533. The largest absolute Gasteiger partial charge is 0.349 e. The summed E-state index contributed by atoms with van der Waals surface area (Å²) in [5.74, 6) is 5.34. The highest BCUT2D eigenvalue weighted by Crippen LogP contribution is 2.21. The molecule has 0 heterocycles. The van der Waals surface area contributed by atoms with Gasteiger partial charge in [0.2, 0.25) is 0 Å². The maximum absolute atomic E-state index is 12.4. The van der Waals surface area contributed by atoms with Gasteiger partial charge in [-0.1, -0.05) is 43.7 Å². The minimum Gasteiger partial charge on any atom is -0.349 e. The fourth-order valence-corrected chi connectivity index (χ4v) is 2.87. The summed E-state index contributed by atoms with van der Waals surface area (Å²) in [6.45, 7) is 0. The molecule has 0 atom stereocenters. The van der Waals surface area contributed by atoms with Crippen LogP contribution in [0.5, 0.6) is 0 Å². The topological polar surface area (TPSA) is 67.1 Å². The first kappa shape index (κ1) is 15.1. The number of rotatable bonds is 3. The van der Waals surface area contributed by atoms with Gasteiger partial charge in [-0.25, -0.2) is 0 Å². The lowest BCUT2D eigenvalue weighted by Gasteiger charge is -2.21. The van der Waals surface area contributed by atoms with Crippen molar-refractivity contribution >= 4 is 23.2 Å². The number of carbonyl (C=O) groups is 1. The molecule has 0 radical (unpaired) electrons. The van der Waals surface area contributed by atoms with Gasteiger partial charge in [0.05, 0.1) is 11.3 Å². The summed E-state index contributed by atoms with van der Waals surface area (Å²) in [5, 5.41) is 3.65. The van der Waals surface area contributed by atoms with Crippen LogP contribution >= 0.6 is 11.6 Å². The fourth-order valence-electron chi connectivity index (χ4n) is 2.69. The van der Waals surface area contributed by atoms with Crippen LogP contribution in [0.25, 0.3) is 0 Å². The lowest BCUT2D eigenvalue weighted by Crippen LogP contribution is -2.35. The third kappa shape index (κ3) is 4.12. The minimum absolute atomic E-state index is 0.106. The SMILES string of the molecule is NNc1ccc(Cl)cc1C(=O)NC1CCCCCCC1. The van der Waals surface area contributed by atoms with E-state index in [1.54, 1.807) is 18.2 Å². The summed E-state index contributed by atoms with van der Waals surface area (Å²) >= 11 is 5.96. The number of benzene rings is 1. The summed E-state index contributed by atoms with van der Waals surface area (Å²) < 4.78 is 0. The first-order valence-electron chi connectivity index (χ1n) is 7.27. The molecule has 0 aliphatic heterocycles. The van der Waals surface area contributed by atoms with Gasteiger partial charge in [0, 0.05) is 11.1 Å². The Morgan fingerprint density at radius 2 is 1.80 bits per heavy atom. The molecule has 1 aliphatic rings. The first-order valence-corrected chi connectivity index (χ1v) is 7.65. The third-order valence-corrected chi connectivity index (χ3v) is 4.06. The smallest absolute Gasteiger partial charge is 0.253 e. The second-order valence-corrected chi connectivity index (χ2v) is 5.79. The van der Waals surface area contributed by atoms with Crippen molar-refractivity contribution < 1.29 is 4.79 Å². The molecule has 0 unspecified atom stereocenters. The normalized spacial score (nSPS) is 17.1. The molecular weight excluding hydrogens is 274 g/mol. The highest BCUT2D eigenvalue weighted by atomic mass is 35.5.